The summed E-state index contributed by atoms with van der Waals surface area (Å²) in [5.74, 6) is 1.02. The summed E-state index contributed by atoms with van der Waals surface area (Å²) in [7, 11) is 0. The number of aromatic nitrogens is 1. The number of amides is 1. The lowest BCUT2D eigenvalue weighted by Gasteiger charge is -2.01. The molecule has 0 saturated carbocycles. The normalized spacial score (nSPS) is 11.4. The molecule has 0 aliphatic heterocycles. The Bertz CT molecular complexity index is 615. The number of hydrogen-bond donors (Lipinski definition) is 1. The average Bonchev–Trinajstić information content (AvgIpc) is 2.75. The minimum Gasteiger partial charge on any atom is -0.466 e. The van der Waals surface area contributed by atoms with Gasteiger partial charge in [-0.3, -0.25) is 9.78 Å². The maximum atomic E-state index is 11.9. The summed E-state index contributed by atoms with van der Waals surface area (Å²) in [5.41, 5.74) is 4.65. The van der Waals surface area contributed by atoms with E-state index in [2.05, 4.69) is 15.5 Å². The van der Waals surface area contributed by atoms with Crippen LogP contribution in [0, 0.1) is 13.8 Å². The van der Waals surface area contributed by atoms with E-state index in [1.807, 2.05) is 19.1 Å². The van der Waals surface area contributed by atoms with E-state index in [9.17, 15) is 4.79 Å². The molecule has 0 aliphatic rings. The van der Waals surface area contributed by atoms with Gasteiger partial charge in [-0.05, 0) is 39.0 Å². The third-order valence-electron chi connectivity index (χ3n) is 2.71. The highest BCUT2D eigenvalue weighted by Gasteiger charge is 2.12. The number of carbonyl (C=O) groups excluding carboxylic acids is 1. The van der Waals surface area contributed by atoms with Crippen LogP contribution in [-0.2, 0) is 0 Å². The summed E-state index contributed by atoms with van der Waals surface area (Å²) in [4.78, 5) is 15.9. The van der Waals surface area contributed by atoms with Crippen molar-refractivity contribution in [2.24, 2.45) is 5.10 Å². The van der Waals surface area contributed by atoms with Gasteiger partial charge in [-0.2, -0.15) is 5.10 Å². The summed E-state index contributed by atoms with van der Waals surface area (Å²) in [6.07, 6.45) is 3.36. The van der Waals surface area contributed by atoms with Gasteiger partial charge in [0.1, 0.15) is 11.5 Å². The molecule has 0 unspecified atom stereocenters. The fourth-order valence-electron chi connectivity index (χ4n) is 1.71. The fourth-order valence-corrected chi connectivity index (χ4v) is 1.71. The van der Waals surface area contributed by atoms with Crippen molar-refractivity contribution in [3.8, 4) is 0 Å². The molecular formula is C14H15N3O2. The van der Waals surface area contributed by atoms with Crippen LogP contribution in [0.3, 0.4) is 0 Å². The lowest BCUT2D eigenvalue weighted by Crippen LogP contribution is -2.19. The first-order chi connectivity index (χ1) is 9.08. The van der Waals surface area contributed by atoms with Gasteiger partial charge in [-0.1, -0.05) is 0 Å². The predicted octanol–water partition coefficient (Wildman–Crippen LogP) is 2.45. The molecule has 2 heterocycles. The molecule has 0 bridgehead atoms. The van der Waals surface area contributed by atoms with Gasteiger partial charge >= 0.3 is 0 Å². The highest BCUT2D eigenvalue weighted by atomic mass is 16.3. The van der Waals surface area contributed by atoms with Gasteiger partial charge < -0.3 is 4.42 Å². The number of rotatable bonds is 3. The minimum atomic E-state index is -0.275. The second-order valence-corrected chi connectivity index (χ2v) is 4.20. The third-order valence-corrected chi connectivity index (χ3v) is 2.71. The summed E-state index contributed by atoms with van der Waals surface area (Å²) in [5, 5.41) is 4.07. The van der Waals surface area contributed by atoms with Gasteiger partial charge in [0.05, 0.1) is 11.3 Å². The molecule has 0 spiro atoms. The van der Waals surface area contributed by atoms with E-state index in [1.165, 1.54) is 0 Å². The number of furan rings is 1. The van der Waals surface area contributed by atoms with E-state index in [0.717, 1.165) is 5.56 Å². The van der Waals surface area contributed by atoms with E-state index in [-0.39, 0.29) is 5.91 Å². The first-order valence-corrected chi connectivity index (χ1v) is 5.90. The summed E-state index contributed by atoms with van der Waals surface area (Å²) >= 11 is 0. The maximum Gasteiger partial charge on any atom is 0.274 e. The Morgan fingerprint density at radius 1 is 1.32 bits per heavy atom. The number of hydrogen-bond acceptors (Lipinski definition) is 4. The van der Waals surface area contributed by atoms with Crippen LogP contribution in [0.25, 0.3) is 0 Å². The van der Waals surface area contributed by atoms with E-state index >= 15 is 0 Å². The average molecular weight is 257 g/mol. The third kappa shape index (κ3) is 3.07. The van der Waals surface area contributed by atoms with Gasteiger partial charge in [0, 0.05) is 18.0 Å². The minimum absolute atomic E-state index is 0.275. The summed E-state index contributed by atoms with van der Waals surface area (Å²) in [6, 6.07) is 5.36. The van der Waals surface area contributed by atoms with Gasteiger partial charge in [-0.15, -0.1) is 0 Å². The van der Waals surface area contributed by atoms with Crippen molar-refractivity contribution in [2.45, 2.75) is 20.8 Å². The zero-order chi connectivity index (χ0) is 13.8. The standard InChI is InChI=1S/C14H15N3O2/c1-9-8-13(11(3)19-9)14(18)17-16-10(2)12-4-6-15-7-5-12/h4-8H,1-3H3,(H,17,18)/b16-10-. The molecule has 19 heavy (non-hydrogen) atoms. The molecule has 1 amide bonds. The van der Waals surface area contributed by atoms with Crippen LogP contribution in [0.1, 0.15) is 34.4 Å². The first kappa shape index (κ1) is 13.0. The molecule has 5 nitrogen and oxygen atoms in total. The fraction of sp³-hybridized carbons (Fsp3) is 0.214. The molecular weight excluding hydrogens is 242 g/mol. The molecule has 0 saturated heterocycles. The number of pyridine rings is 1. The molecule has 98 valence electrons. The molecule has 0 aromatic carbocycles. The highest BCUT2D eigenvalue weighted by Crippen LogP contribution is 2.13. The van der Waals surface area contributed by atoms with E-state index in [0.29, 0.717) is 22.8 Å². The number of nitrogens with zero attached hydrogens (tertiary/aromatic N) is 2. The van der Waals surface area contributed by atoms with Gasteiger partial charge in [0.15, 0.2) is 0 Å². The first-order valence-electron chi connectivity index (χ1n) is 5.90. The van der Waals surface area contributed by atoms with Crippen molar-refractivity contribution in [1.82, 2.24) is 10.4 Å². The highest BCUT2D eigenvalue weighted by molar-refractivity contribution is 6.01. The summed E-state index contributed by atoms with van der Waals surface area (Å²) in [6.45, 7) is 5.37. The van der Waals surface area contributed by atoms with E-state index in [1.54, 1.807) is 32.3 Å². The van der Waals surface area contributed by atoms with E-state index < -0.39 is 0 Å². The Morgan fingerprint density at radius 3 is 2.58 bits per heavy atom. The molecule has 1 N–H and O–H groups in total. The van der Waals surface area contributed by atoms with Crippen LogP contribution in [0.15, 0.2) is 40.1 Å². The zero-order valence-corrected chi connectivity index (χ0v) is 11.1. The molecule has 0 aliphatic carbocycles. The second-order valence-electron chi connectivity index (χ2n) is 4.20. The molecule has 2 rings (SSSR count). The SMILES string of the molecule is C/C(=N/NC(=O)c1cc(C)oc1C)c1ccncc1. The molecule has 0 atom stereocenters. The Labute approximate surface area is 111 Å². The topological polar surface area (TPSA) is 67.5 Å². The largest absolute Gasteiger partial charge is 0.466 e. The lowest BCUT2D eigenvalue weighted by molar-refractivity contribution is 0.0953. The second kappa shape index (κ2) is 5.48. The quantitative estimate of drug-likeness (QED) is 0.678. The van der Waals surface area contributed by atoms with Crippen LogP contribution < -0.4 is 5.43 Å². The van der Waals surface area contributed by atoms with Gasteiger partial charge in [0.2, 0.25) is 0 Å². The number of aryl methyl sites for hydroxylation is 2. The predicted molar refractivity (Wildman–Crippen MR) is 72.1 cm³/mol. The monoisotopic (exact) mass is 257 g/mol. The van der Waals surface area contributed by atoms with Crippen molar-refractivity contribution >= 4 is 11.6 Å². The molecule has 5 heteroatoms. The van der Waals surface area contributed by atoms with Crippen molar-refractivity contribution in [3.05, 3.63) is 53.2 Å². The summed E-state index contributed by atoms with van der Waals surface area (Å²) < 4.78 is 5.31. The lowest BCUT2D eigenvalue weighted by atomic mass is 10.2. The smallest absolute Gasteiger partial charge is 0.274 e. The molecule has 2 aromatic rings. The van der Waals surface area contributed by atoms with E-state index in [4.69, 9.17) is 4.42 Å². The van der Waals surface area contributed by atoms with Crippen molar-refractivity contribution in [3.63, 3.8) is 0 Å². The number of nitrogens with one attached hydrogen (secondary N) is 1. The Morgan fingerprint density at radius 2 is 2.00 bits per heavy atom. The number of carbonyl (C=O) groups is 1. The van der Waals surface area contributed by atoms with Crippen LogP contribution in [0.5, 0.6) is 0 Å². The maximum absolute atomic E-state index is 11.9. The van der Waals surface area contributed by atoms with Gasteiger partial charge in [0.25, 0.3) is 5.91 Å². The Balaban J connectivity index is 2.10. The van der Waals surface area contributed by atoms with Crippen LogP contribution in [-0.4, -0.2) is 16.6 Å². The van der Waals surface area contributed by atoms with Crippen LogP contribution in [0.2, 0.25) is 0 Å². The van der Waals surface area contributed by atoms with Crippen LogP contribution in [0.4, 0.5) is 0 Å². The Kier molecular flexibility index (Phi) is 3.75. The van der Waals surface area contributed by atoms with Crippen molar-refractivity contribution < 1.29 is 9.21 Å². The molecule has 2 aromatic heterocycles. The Hall–Kier alpha value is -2.43. The van der Waals surface area contributed by atoms with Gasteiger partial charge in [-0.25, -0.2) is 5.43 Å². The molecule has 0 fully saturated rings. The van der Waals surface area contributed by atoms with Crippen LogP contribution >= 0.6 is 0 Å². The molecule has 0 radical (unpaired) electrons. The van der Waals surface area contributed by atoms with Crippen molar-refractivity contribution in [1.29, 1.82) is 0 Å². The van der Waals surface area contributed by atoms with Crippen molar-refractivity contribution in [2.75, 3.05) is 0 Å². The zero-order valence-electron chi connectivity index (χ0n) is 11.1. The number of hydrazone groups is 1.